The highest BCUT2D eigenvalue weighted by Gasteiger charge is 2.30. The Bertz CT molecular complexity index is 1980. The van der Waals surface area contributed by atoms with Gasteiger partial charge in [-0.1, -0.05) is 395 Å². The standard InChI is InChI=1S/C84H164O17P2/c1-7-10-12-14-16-18-20-22-24-26-28-30-32-34-42-48-54-60-66-81(86)94-72-79(100-83(88)68-62-56-50-44-35-33-31-29-27-25-23-21-19-17-15-13-11-8-2)74-98-102(90,91)96-70-78(85)71-97-103(92,93)99-75-80(73-95-82(87)67-61-55-49-43-38-36-40-46-52-58-64-76(4)5)101-84(89)69-63-57-51-45-39-37-41-47-53-59-65-77(6)9-3/h76-80,85H,7-75H2,1-6H3,(H,90,91)(H,92,93)/t77?,78-,79-,80-/m1/s1. The van der Waals surface area contributed by atoms with Crippen LogP contribution in [-0.4, -0.2) is 96.7 Å². The number of phosphoric ester groups is 2. The summed E-state index contributed by atoms with van der Waals surface area (Å²) in [5.74, 6) is -0.542. The third-order valence-corrected chi connectivity index (χ3v) is 22.0. The van der Waals surface area contributed by atoms with E-state index in [9.17, 15) is 43.2 Å². The van der Waals surface area contributed by atoms with E-state index < -0.39 is 97.5 Å². The molecule has 0 saturated carbocycles. The smallest absolute Gasteiger partial charge is 0.462 e. The van der Waals surface area contributed by atoms with Gasteiger partial charge in [0.25, 0.3) is 0 Å². The summed E-state index contributed by atoms with van der Waals surface area (Å²) in [5, 5.41) is 10.7. The Morgan fingerprint density at radius 1 is 0.282 bits per heavy atom. The minimum absolute atomic E-state index is 0.106. The van der Waals surface area contributed by atoms with Crippen LogP contribution in [0.5, 0.6) is 0 Å². The molecular weight excluding hydrogens is 1340 g/mol. The van der Waals surface area contributed by atoms with Crippen LogP contribution in [0.2, 0.25) is 0 Å². The van der Waals surface area contributed by atoms with Crippen molar-refractivity contribution in [2.75, 3.05) is 39.6 Å². The quantitative estimate of drug-likeness (QED) is 0.0222. The molecule has 0 aromatic rings. The minimum atomic E-state index is -4.96. The van der Waals surface area contributed by atoms with Crippen molar-refractivity contribution in [1.29, 1.82) is 0 Å². The molecule has 0 saturated heterocycles. The van der Waals surface area contributed by atoms with E-state index in [1.807, 2.05) is 0 Å². The average Bonchev–Trinajstić information content (AvgIpc) is 0.942. The van der Waals surface area contributed by atoms with Crippen LogP contribution in [0.1, 0.15) is 446 Å². The highest BCUT2D eigenvalue weighted by molar-refractivity contribution is 7.47. The molecular formula is C84H164O17P2. The first-order valence-electron chi connectivity index (χ1n) is 43.5. The van der Waals surface area contributed by atoms with E-state index in [0.717, 1.165) is 102 Å². The van der Waals surface area contributed by atoms with Gasteiger partial charge in [0.1, 0.15) is 19.3 Å². The fraction of sp³-hybridized carbons (Fsp3) is 0.952. The lowest BCUT2D eigenvalue weighted by Gasteiger charge is -2.21. The molecule has 0 aromatic carbocycles. The molecule has 3 unspecified atom stereocenters. The molecule has 0 aromatic heterocycles. The van der Waals surface area contributed by atoms with Crippen LogP contribution in [0.3, 0.4) is 0 Å². The lowest BCUT2D eigenvalue weighted by Crippen LogP contribution is -2.30. The number of carbonyl (C=O) groups excluding carboxylic acids is 4. The molecule has 0 fully saturated rings. The Balaban J connectivity index is 5.27. The summed E-state index contributed by atoms with van der Waals surface area (Å²) >= 11 is 0. The Kier molecular flexibility index (Phi) is 74.1. The first-order chi connectivity index (χ1) is 49.9. The lowest BCUT2D eigenvalue weighted by molar-refractivity contribution is -0.161. The molecule has 0 aliphatic rings. The fourth-order valence-electron chi connectivity index (χ4n) is 13.0. The van der Waals surface area contributed by atoms with Gasteiger partial charge < -0.3 is 33.8 Å². The second-order valence-electron chi connectivity index (χ2n) is 30.9. The normalized spacial score (nSPS) is 14.1. The van der Waals surface area contributed by atoms with Crippen molar-refractivity contribution in [3.63, 3.8) is 0 Å². The van der Waals surface area contributed by atoms with Gasteiger partial charge in [-0.05, 0) is 37.5 Å². The molecule has 17 nitrogen and oxygen atoms in total. The highest BCUT2D eigenvalue weighted by Crippen LogP contribution is 2.45. The molecule has 612 valence electrons. The zero-order chi connectivity index (χ0) is 75.6. The van der Waals surface area contributed by atoms with Crippen LogP contribution in [0.15, 0.2) is 0 Å². The Morgan fingerprint density at radius 2 is 0.495 bits per heavy atom. The molecule has 0 amide bonds. The highest BCUT2D eigenvalue weighted by atomic mass is 31.2. The number of rotatable bonds is 83. The molecule has 0 bridgehead atoms. The third kappa shape index (κ3) is 76.6. The van der Waals surface area contributed by atoms with Gasteiger partial charge >= 0.3 is 39.5 Å². The summed E-state index contributed by atoms with van der Waals surface area (Å²) in [7, 11) is -9.93. The van der Waals surface area contributed by atoms with Gasteiger partial charge in [0, 0.05) is 25.7 Å². The van der Waals surface area contributed by atoms with Crippen molar-refractivity contribution >= 4 is 39.5 Å². The fourth-order valence-corrected chi connectivity index (χ4v) is 14.6. The first-order valence-corrected chi connectivity index (χ1v) is 46.5. The first kappa shape index (κ1) is 101. The predicted molar refractivity (Wildman–Crippen MR) is 423 cm³/mol. The molecule has 103 heavy (non-hydrogen) atoms. The molecule has 3 N–H and O–H groups in total. The van der Waals surface area contributed by atoms with Gasteiger partial charge in [0.2, 0.25) is 0 Å². The second-order valence-corrected chi connectivity index (χ2v) is 33.8. The monoisotopic (exact) mass is 1510 g/mol. The number of aliphatic hydroxyl groups is 1. The maximum Gasteiger partial charge on any atom is 0.472 e. The van der Waals surface area contributed by atoms with Crippen LogP contribution in [0.4, 0.5) is 0 Å². The molecule has 0 spiro atoms. The van der Waals surface area contributed by atoms with Crippen molar-refractivity contribution < 1.29 is 80.2 Å². The van der Waals surface area contributed by atoms with E-state index in [0.29, 0.717) is 25.7 Å². The van der Waals surface area contributed by atoms with Gasteiger partial charge in [-0.25, -0.2) is 9.13 Å². The summed E-state index contributed by atoms with van der Waals surface area (Å²) in [6.07, 6.45) is 66.5. The summed E-state index contributed by atoms with van der Waals surface area (Å²) in [4.78, 5) is 73.2. The predicted octanol–water partition coefficient (Wildman–Crippen LogP) is 25.5. The van der Waals surface area contributed by atoms with E-state index in [2.05, 4.69) is 41.5 Å². The largest absolute Gasteiger partial charge is 0.472 e. The van der Waals surface area contributed by atoms with Gasteiger partial charge in [0.15, 0.2) is 12.2 Å². The summed E-state index contributed by atoms with van der Waals surface area (Å²) in [5.41, 5.74) is 0. The maximum absolute atomic E-state index is 13.1. The number of unbranched alkanes of at least 4 members (excludes halogenated alkanes) is 52. The zero-order valence-corrected chi connectivity index (χ0v) is 69.4. The number of esters is 4. The van der Waals surface area contributed by atoms with Gasteiger partial charge in [-0.15, -0.1) is 0 Å². The van der Waals surface area contributed by atoms with Crippen molar-refractivity contribution in [3.05, 3.63) is 0 Å². The molecule has 0 aliphatic carbocycles. The number of ether oxygens (including phenoxy) is 4. The maximum atomic E-state index is 13.1. The van der Waals surface area contributed by atoms with E-state index >= 15 is 0 Å². The average molecular weight is 1510 g/mol. The molecule has 0 radical (unpaired) electrons. The van der Waals surface area contributed by atoms with Crippen LogP contribution in [0, 0.1) is 11.8 Å². The Labute approximate surface area is 632 Å². The summed E-state index contributed by atoms with van der Waals surface area (Å²) in [6.45, 7) is 9.68. The van der Waals surface area contributed by atoms with Gasteiger partial charge in [-0.3, -0.25) is 37.3 Å². The number of carbonyl (C=O) groups is 4. The van der Waals surface area contributed by atoms with Crippen molar-refractivity contribution in [1.82, 2.24) is 0 Å². The molecule has 0 heterocycles. The lowest BCUT2D eigenvalue weighted by atomic mass is 9.99. The number of hydrogen-bond donors (Lipinski definition) is 3. The number of aliphatic hydroxyl groups excluding tert-OH is 1. The Morgan fingerprint density at radius 3 is 0.738 bits per heavy atom. The Hall–Kier alpha value is -1.94. The van der Waals surface area contributed by atoms with Crippen LogP contribution in [-0.2, 0) is 65.4 Å². The van der Waals surface area contributed by atoms with E-state index in [-0.39, 0.29) is 25.7 Å². The van der Waals surface area contributed by atoms with Crippen molar-refractivity contribution in [3.8, 4) is 0 Å². The summed E-state index contributed by atoms with van der Waals surface area (Å²) in [6, 6.07) is 0. The van der Waals surface area contributed by atoms with E-state index in [1.165, 1.54) is 263 Å². The molecule has 0 aliphatic heterocycles. The zero-order valence-electron chi connectivity index (χ0n) is 67.6. The molecule has 0 rings (SSSR count). The van der Waals surface area contributed by atoms with Crippen molar-refractivity contribution in [2.45, 2.75) is 464 Å². The summed E-state index contributed by atoms with van der Waals surface area (Å²) < 4.78 is 68.9. The number of hydrogen-bond acceptors (Lipinski definition) is 15. The van der Waals surface area contributed by atoms with Crippen molar-refractivity contribution in [2.24, 2.45) is 11.8 Å². The van der Waals surface area contributed by atoms with E-state index in [1.54, 1.807) is 0 Å². The van der Waals surface area contributed by atoms with Gasteiger partial charge in [0.05, 0.1) is 26.4 Å². The van der Waals surface area contributed by atoms with E-state index in [4.69, 9.17) is 37.0 Å². The SMILES string of the molecule is CCCCCCCCCCCCCCCCCCCCC(=O)OC[C@H](COP(=O)(O)OC[C@@H](O)COP(=O)(O)OC[C@@H](COC(=O)CCCCCCCCCCCCC(C)C)OC(=O)CCCCCCCCCCCCC(C)CC)OC(=O)CCCCCCCCCCCCCCCCCCCC. The molecule has 6 atom stereocenters. The molecule has 19 heteroatoms. The van der Waals surface area contributed by atoms with Crippen LogP contribution >= 0.6 is 15.6 Å². The minimum Gasteiger partial charge on any atom is -0.462 e. The van der Waals surface area contributed by atoms with Crippen LogP contribution in [0.25, 0.3) is 0 Å². The van der Waals surface area contributed by atoms with Gasteiger partial charge in [-0.2, -0.15) is 0 Å². The third-order valence-electron chi connectivity index (χ3n) is 20.1. The number of phosphoric acid groups is 2. The second kappa shape index (κ2) is 75.5. The van der Waals surface area contributed by atoms with Crippen LogP contribution < -0.4 is 0 Å². The topological polar surface area (TPSA) is 237 Å².